The zero-order chi connectivity index (χ0) is 14.3. The zero-order valence-corrected chi connectivity index (χ0v) is 11.5. The molecule has 0 saturated carbocycles. The molecule has 0 aliphatic carbocycles. The van der Waals surface area contributed by atoms with Gasteiger partial charge in [0, 0.05) is 18.1 Å². The van der Waals surface area contributed by atoms with Crippen LogP contribution in [0.3, 0.4) is 0 Å². The minimum absolute atomic E-state index is 0.194. The molecule has 0 heterocycles. The van der Waals surface area contributed by atoms with Gasteiger partial charge in [0.15, 0.2) is 25.5 Å². The van der Waals surface area contributed by atoms with Crippen molar-refractivity contribution in [2.45, 2.75) is 16.7 Å². The van der Waals surface area contributed by atoms with Gasteiger partial charge < -0.3 is 0 Å². The molecule has 0 bridgehead atoms. The third-order valence-electron chi connectivity index (χ3n) is 2.19. The molecule has 0 atom stereocenters. The van der Waals surface area contributed by atoms with E-state index in [2.05, 4.69) is 0 Å². The van der Waals surface area contributed by atoms with E-state index in [4.69, 9.17) is 0 Å². The van der Waals surface area contributed by atoms with E-state index in [1.54, 1.807) is 0 Å². The highest BCUT2D eigenvalue weighted by molar-refractivity contribution is 7.93. The van der Waals surface area contributed by atoms with Gasteiger partial charge in [-0.25, -0.2) is 21.2 Å². The lowest BCUT2D eigenvalue weighted by atomic mass is 10.1. The number of carbonyl (C=O) groups excluding carboxylic acids is 1. The smallest absolute Gasteiger partial charge is 0.179 e. The lowest BCUT2D eigenvalue weighted by Gasteiger charge is -2.09. The minimum Gasteiger partial charge on any atom is -0.295 e. The first kappa shape index (κ1) is 14.8. The van der Waals surface area contributed by atoms with Gasteiger partial charge in [-0.05, 0) is 19.1 Å². The number of halogens is 1. The van der Waals surface area contributed by atoms with Gasteiger partial charge in [0.05, 0.1) is 4.90 Å². The third-order valence-corrected chi connectivity index (χ3v) is 4.59. The van der Waals surface area contributed by atoms with E-state index in [0.717, 1.165) is 19.2 Å². The van der Waals surface area contributed by atoms with Crippen LogP contribution in [-0.2, 0) is 19.7 Å². The summed E-state index contributed by atoms with van der Waals surface area (Å²) in [4.78, 5) is 9.52. The van der Waals surface area contributed by atoms with Gasteiger partial charge in [0.25, 0.3) is 0 Å². The summed E-state index contributed by atoms with van der Waals surface area (Å²) in [5.41, 5.74) is -0.194. The Kier molecular flexibility index (Phi) is 3.64. The maximum absolute atomic E-state index is 13.7. The first-order valence-electron chi connectivity index (χ1n) is 4.69. The average molecular weight is 294 g/mol. The minimum atomic E-state index is -4.06. The molecule has 1 aromatic rings. The second-order valence-corrected chi connectivity index (χ2v) is 7.82. The van der Waals surface area contributed by atoms with Gasteiger partial charge in [-0.2, -0.15) is 0 Å². The molecule has 1 aromatic carbocycles. The first-order valence-corrected chi connectivity index (χ1v) is 8.47. The summed E-state index contributed by atoms with van der Waals surface area (Å²) < 4.78 is 59.5. The van der Waals surface area contributed by atoms with E-state index in [9.17, 15) is 26.0 Å². The van der Waals surface area contributed by atoms with Crippen molar-refractivity contribution >= 4 is 25.5 Å². The number of hydrogen-bond acceptors (Lipinski definition) is 5. The van der Waals surface area contributed by atoms with Crippen LogP contribution in [0.1, 0.15) is 17.3 Å². The van der Waals surface area contributed by atoms with Crippen LogP contribution < -0.4 is 0 Å². The van der Waals surface area contributed by atoms with Crippen LogP contribution in [0, 0.1) is 5.82 Å². The topological polar surface area (TPSA) is 85.3 Å². The molecule has 0 N–H and O–H groups in total. The summed E-state index contributed by atoms with van der Waals surface area (Å²) in [6.45, 7) is 1.13. The predicted octanol–water partition coefficient (Wildman–Crippen LogP) is 0.835. The van der Waals surface area contributed by atoms with Gasteiger partial charge in [-0.15, -0.1) is 0 Å². The third kappa shape index (κ3) is 2.94. The maximum Gasteiger partial charge on any atom is 0.179 e. The van der Waals surface area contributed by atoms with Gasteiger partial charge in [0.1, 0.15) is 10.7 Å². The lowest BCUT2D eigenvalue weighted by molar-refractivity contribution is 0.101. The first-order chi connectivity index (χ1) is 7.94. The van der Waals surface area contributed by atoms with Crippen LogP contribution >= 0.6 is 0 Å². The summed E-state index contributed by atoms with van der Waals surface area (Å²) in [7, 11) is -8.02. The Morgan fingerprint density at radius 3 is 1.89 bits per heavy atom. The molecule has 0 spiro atoms. The van der Waals surface area contributed by atoms with Crippen LogP contribution in [-0.4, -0.2) is 35.1 Å². The molecule has 0 saturated heterocycles. The lowest BCUT2D eigenvalue weighted by Crippen LogP contribution is -2.12. The Hall–Kier alpha value is -1.28. The molecule has 100 valence electrons. The van der Waals surface area contributed by atoms with Crippen LogP contribution in [0.5, 0.6) is 0 Å². The van der Waals surface area contributed by atoms with E-state index in [0.29, 0.717) is 12.3 Å². The summed E-state index contributed by atoms with van der Waals surface area (Å²) in [6.07, 6.45) is 1.45. The van der Waals surface area contributed by atoms with Gasteiger partial charge in [0.2, 0.25) is 0 Å². The van der Waals surface area contributed by atoms with Crippen molar-refractivity contribution in [3.05, 3.63) is 23.5 Å². The number of carbonyl (C=O) groups is 1. The summed E-state index contributed by atoms with van der Waals surface area (Å²) >= 11 is 0. The fourth-order valence-electron chi connectivity index (χ4n) is 1.41. The van der Waals surface area contributed by atoms with Gasteiger partial charge in [-0.1, -0.05) is 0 Å². The molecule has 0 amide bonds. The van der Waals surface area contributed by atoms with Crippen molar-refractivity contribution in [1.29, 1.82) is 0 Å². The standard InChI is InChI=1S/C10H11FO5S2/c1-6(12)7-4-8(11)10(18(3,15)16)9(5-7)17(2,13)14/h4-5H,1-3H3. The largest absolute Gasteiger partial charge is 0.295 e. The number of sulfone groups is 2. The van der Waals surface area contributed by atoms with E-state index < -0.39 is 41.1 Å². The van der Waals surface area contributed by atoms with E-state index in [1.807, 2.05) is 0 Å². The summed E-state index contributed by atoms with van der Waals surface area (Å²) in [6, 6.07) is 1.59. The van der Waals surface area contributed by atoms with Crippen LogP contribution in [0.15, 0.2) is 21.9 Å². The van der Waals surface area contributed by atoms with E-state index in [-0.39, 0.29) is 5.56 Å². The zero-order valence-electron chi connectivity index (χ0n) is 9.89. The van der Waals surface area contributed by atoms with Crippen molar-refractivity contribution in [2.24, 2.45) is 0 Å². The molecule has 8 heteroatoms. The second-order valence-electron chi connectivity index (χ2n) is 3.89. The Balaban J connectivity index is 3.90. The molecule has 18 heavy (non-hydrogen) atoms. The maximum atomic E-state index is 13.7. The number of benzene rings is 1. The van der Waals surface area contributed by atoms with Crippen LogP contribution in [0.4, 0.5) is 4.39 Å². The highest BCUT2D eigenvalue weighted by Crippen LogP contribution is 2.26. The molecule has 0 aliphatic rings. The van der Waals surface area contributed by atoms with Gasteiger partial charge in [-0.3, -0.25) is 4.79 Å². The Morgan fingerprint density at radius 1 is 1.06 bits per heavy atom. The second kappa shape index (κ2) is 4.43. The molecule has 0 aliphatic heterocycles. The number of hydrogen-bond donors (Lipinski definition) is 0. The van der Waals surface area contributed by atoms with Crippen LogP contribution in [0.25, 0.3) is 0 Å². The molecule has 0 radical (unpaired) electrons. The Bertz CT molecular complexity index is 717. The van der Waals surface area contributed by atoms with Crippen molar-refractivity contribution in [2.75, 3.05) is 12.5 Å². The van der Waals surface area contributed by atoms with Crippen molar-refractivity contribution in [3.63, 3.8) is 0 Å². The fourth-order valence-corrected chi connectivity index (χ4v) is 3.93. The van der Waals surface area contributed by atoms with Gasteiger partial charge >= 0.3 is 0 Å². The van der Waals surface area contributed by atoms with Crippen molar-refractivity contribution < 1.29 is 26.0 Å². The Labute approximate surface area is 104 Å². The number of rotatable bonds is 3. The van der Waals surface area contributed by atoms with E-state index >= 15 is 0 Å². The highest BCUT2D eigenvalue weighted by Gasteiger charge is 2.26. The fraction of sp³-hybridized carbons (Fsp3) is 0.300. The SMILES string of the molecule is CC(=O)c1cc(F)c(S(C)(=O)=O)c(S(C)(=O)=O)c1. The monoisotopic (exact) mass is 294 g/mol. The number of ketones is 1. The molecular formula is C10H11FO5S2. The molecule has 1 rings (SSSR count). The highest BCUT2D eigenvalue weighted by atomic mass is 32.2. The molecule has 5 nitrogen and oxygen atoms in total. The quantitative estimate of drug-likeness (QED) is 0.771. The summed E-state index contributed by atoms with van der Waals surface area (Å²) in [5, 5.41) is 0. The summed E-state index contributed by atoms with van der Waals surface area (Å²) in [5.74, 6) is -1.80. The van der Waals surface area contributed by atoms with Crippen molar-refractivity contribution in [1.82, 2.24) is 0 Å². The average Bonchev–Trinajstić information content (AvgIpc) is 2.12. The van der Waals surface area contributed by atoms with E-state index in [1.165, 1.54) is 0 Å². The predicted molar refractivity (Wildman–Crippen MR) is 62.6 cm³/mol. The van der Waals surface area contributed by atoms with Crippen LogP contribution in [0.2, 0.25) is 0 Å². The molecule has 0 fully saturated rings. The number of Topliss-reactive ketones (excluding diaryl/α,β-unsaturated/α-hetero) is 1. The molecule has 0 unspecified atom stereocenters. The Morgan fingerprint density at radius 2 is 1.56 bits per heavy atom. The normalized spacial score (nSPS) is 12.4. The molecular weight excluding hydrogens is 283 g/mol. The van der Waals surface area contributed by atoms with Crippen molar-refractivity contribution in [3.8, 4) is 0 Å². The molecule has 0 aromatic heterocycles.